The summed E-state index contributed by atoms with van der Waals surface area (Å²) in [5, 5.41) is 14.0. The Hall–Kier alpha value is -3.21. The van der Waals surface area contributed by atoms with Crippen LogP contribution in [0.4, 0.5) is 10.5 Å². The van der Waals surface area contributed by atoms with Crippen molar-refractivity contribution in [1.82, 2.24) is 0 Å². The summed E-state index contributed by atoms with van der Waals surface area (Å²) in [6, 6.07) is 5.65. The average Bonchev–Trinajstić information content (AvgIpc) is 2.89. The molecule has 10 nitrogen and oxygen atoms in total. The minimum Gasteiger partial charge on any atom is -0.457 e. The number of allylic oxidation sites excluding steroid dienone is 1. The van der Waals surface area contributed by atoms with Crippen LogP contribution in [0.5, 0.6) is 0 Å². The maximum Gasteiger partial charge on any atom is 0.405 e. The first-order valence-electron chi connectivity index (χ1n) is 14.0. The zero-order valence-electron chi connectivity index (χ0n) is 25.3. The maximum atomic E-state index is 12.7. The predicted octanol–water partition coefficient (Wildman–Crippen LogP) is 4.43. The van der Waals surface area contributed by atoms with Crippen LogP contribution in [0.15, 0.2) is 41.5 Å². The van der Waals surface area contributed by atoms with Gasteiger partial charge in [-0.15, -0.1) is 0 Å². The zero-order valence-corrected chi connectivity index (χ0v) is 25.3. The van der Waals surface area contributed by atoms with Gasteiger partial charge < -0.3 is 35.1 Å². The van der Waals surface area contributed by atoms with Crippen LogP contribution in [0.2, 0.25) is 0 Å². The maximum absolute atomic E-state index is 12.7. The normalized spacial score (nSPS) is 29.6. The SMILES string of the molecule is CO[C@H]1C[C@H](C)Cc2cc(cc(NC(C)=O)c2)COC(=O)/C(C)=C/CC[C@H](OC)[C@@H](OC(N)=O)/C(C)=C/[C@H](C)[C@H]1O. The number of benzene rings is 1. The van der Waals surface area contributed by atoms with Crippen molar-refractivity contribution in [2.75, 3.05) is 19.5 Å². The molecule has 0 aliphatic carbocycles. The van der Waals surface area contributed by atoms with Crippen molar-refractivity contribution in [2.24, 2.45) is 17.6 Å². The summed E-state index contributed by atoms with van der Waals surface area (Å²) in [4.78, 5) is 36.2. The highest BCUT2D eigenvalue weighted by Crippen LogP contribution is 2.26. The number of fused-ring (bicyclic) bond motifs is 2. The lowest BCUT2D eigenvalue weighted by Gasteiger charge is -2.30. The second kappa shape index (κ2) is 16.3. The summed E-state index contributed by atoms with van der Waals surface area (Å²) in [5.74, 6) is -0.883. The van der Waals surface area contributed by atoms with E-state index in [2.05, 4.69) is 12.2 Å². The van der Waals surface area contributed by atoms with Crippen molar-refractivity contribution >= 4 is 23.7 Å². The third kappa shape index (κ3) is 10.9. The largest absolute Gasteiger partial charge is 0.457 e. The highest BCUT2D eigenvalue weighted by Gasteiger charge is 2.30. The number of hydrogen-bond donors (Lipinski definition) is 3. The fourth-order valence-electron chi connectivity index (χ4n) is 5.23. The Morgan fingerprint density at radius 3 is 2.34 bits per heavy atom. The Morgan fingerprint density at radius 1 is 1.07 bits per heavy atom. The molecule has 0 aromatic heterocycles. The number of nitrogens with one attached hydrogen (secondary N) is 1. The molecule has 1 aliphatic rings. The first-order valence-corrected chi connectivity index (χ1v) is 14.0. The van der Waals surface area contributed by atoms with Crippen LogP contribution in [0.25, 0.3) is 0 Å². The van der Waals surface area contributed by atoms with Gasteiger partial charge in [0.05, 0.1) is 18.3 Å². The Kier molecular flexibility index (Phi) is 13.5. The predicted molar refractivity (Wildman–Crippen MR) is 156 cm³/mol. The van der Waals surface area contributed by atoms with Crippen molar-refractivity contribution < 1.29 is 38.4 Å². The fraction of sp³-hybridized carbons (Fsp3) is 0.581. The fourth-order valence-corrected chi connectivity index (χ4v) is 5.23. The molecule has 0 fully saturated rings. The molecule has 0 spiro atoms. The quantitative estimate of drug-likeness (QED) is 0.354. The number of amides is 2. The number of aliphatic hydroxyl groups is 1. The van der Waals surface area contributed by atoms with E-state index < -0.39 is 36.5 Å². The van der Waals surface area contributed by atoms with Gasteiger partial charge in [-0.1, -0.05) is 32.1 Å². The molecule has 41 heavy (non-hydrogen) atoms. The van der Waals surface area contributed by atoms with Gasteiger partial charge in [-0.2, -0.15) is 0 Å². The highest BCUT2D eigenvalue weighted by atomic mass is 16.6. The molecule has 1 heterocycles. The van der Waals surface area contributed by atoms with Gasteiger partial charge in [0.25, 0.3) is 0 Å². The molecule has 228 valence electrons. The summed E-state index contributed by atoms with van der Waals surface area (Å²) < 4.78 is 22.4. The van der Waals surface area contributed by atoms with Crippen molar-refractivity contribution in [2.45, 2.75) is 91.3 Å². The van der Waals surface area contributed by atoms with E-state index >= 15 is 0 Å². The second-order valence-corrected chi connectivity index (χ2v) is 11.0. The zero-order chi connectivity index (χ0) is 30.7. The smallest absolute Gasteiger partial charge is 0.405 e. The summed E-state index contributed by atoms with van der Waals surface area (Å²) in [5.41, 5.74) is 8.82. The summed E-state index contributed by atoms with van der Waals surface area (Å²) >= 11 is 0. The Balaban J connectivity index is 2.48. The Bertz CT molecular complexity index is 1120. The highest BCUT2D eigenvalue weighted by molar-refractivity contribution is 5.89. The van der Waals surface area contributed by atoms with E-state index in [1.807, 2.05) is 25.1 Å². The van der Waals surface area contributed by atoms with E-state index in [0.29, 0.717) is 42.5 Å². The van der Waals surface area contributed by atoms with Crippen LogP contribution in [0, 0.1) is 11.8 Å². The van der Waals surface area contributed by atoms with Crippen LogP contribution < -0.4 is 11.1 Å². The second-order valence-electron chi connectivity index (χ2n) is 11.0. The number of anilines is 1. The van der Waals surface area contributed by atoms with Crippen LogP contribution in [0.1, 0.15) is 65.0 Å². The molecule has 6 atom stereocenters. The molecule has 1 aromatic rings. The van der Waals surface area contributed by atoms with Crippen molar-refractivity contribution in [1.29, 1.82) is 0 Å². The summed E-state index contributed by atoms with van der Waals surface area (Å²) in [7, 11) is 3.09. The van der Waals surface area contributed by atoms with Gasteiger partial charge in [0, 0.05) is 38.3 Å². The third-order valence-corrected chi connectivity index (χ3v) is 7.27. The minimum atomic E-state index is -0.934. The van der Waals surface area contributed by atoms with E-state index in [1.54, 1.807) is 33.1 Å². The summed E-state index contributed by atoms with van der Waals surface area (Å²) in [6.45, 7) is 8.90. The Labute approximate surface area is 243 Å². The van der Waals surface area contributed by atoms with E-state index in [0.717, 1.165) is 11.1 Å². The third-order valence-electron chi connectivity index (χ3n) is 7.27. The number of primary amides is 1. The lowest BCUT2D eigenvalue weighted by Crippen LogP contribution is -2.37. The molecule has 0 saturated heterocycles. The first kappa shape index (κ1) is 34.0. The van der Waals surface area contributed by atoms with Gasteiger partial charge in [-0.25, -0.2) is 9.59 Å². The number of cyclic esters (lactones) is 1. The molecule has 0 radical (unpaired) electrons. The standard InChI is InChI=1S/C31H46N2O8/c1-18-11-23-14-24(16-25(15-23)33-22(5)34)17-40-30(36)19(2)9-8-10-26(38-6)29(41-31(32)37)21(4)13-20(3)28(35)27(12-18)39-7/h9,13-16,18,20,26-29,35H,8,10-12,17H2,1-7H3,(H2,32,37)(H,33,34)/b19-9+,21-13+/t18-,20+,26+,27+,28-,29+/m1/s1. The number of hydrogen-bond acceptors (Lipinski definition) is 8. The monoisotopic (exact) mass is 574 g/mol. The van der Waals surface area contributed by atoms with Crippen molar-refractivity contribution in [3.8, 4) is 0 Å². The minimum absolute atomic E-state index is 0.0367. The molecule has 10 heteroatoms. The number of ether oxygens (including phenoxy) is 4. The molecule has 2 rings (SSSR count). The van der Waals surface area contributed by atoms with Crippen molar-refractivity contribution in [3.63, 3.8) is 0 Å². The number of rotatable bonds is 4. The lowest BCUT2D eigenvalue weighted by atomic mass is 9.88. The van der Waals surface area contributed by atoms with Gasteiger partial charge >= 0.3 is 12.1 Å². The van der Waals surface area contributed by atoms with Crippen LogP contribution in [-0.2, 0) is 41.6 Å². The van der Waals surface area contributed by atoms with Gasteiger partial charge in [0.1, 0.15) is 6.61 Å². The number of nitrogens with two attached hydrogens (primary N) is 1. The van der Waals surface area contributed by atoms with Gasteiger partial charge in [0.15, 0.2) is 6.10 Å². The van der Waals surface area contributed by atoms with Crippen molar-refractivity contribution in [3.05, 3.63) is 52.6 Å². The van der Waals surface area contributed by atoms with E-state index in [9.17, 15) is 19.5 Å². The molecule has 1 aromatic carbocycles. The number of carbonyl (C=O) groups excluding carboxylic acids is 3. The topological polar surface area (TPSA) is 146 Å². The summed E-state index contributed by atoms with van der Waals surface area (Å²) in [6.07, 6.45) is 2.16. The molecular weight excluding hydrogens is 528 g/mol. The molecule has 0 saturated carbocycles. The van der Waals surface area contributed by atoms with Crippen LogP contribution in [0.3, 0.4) is 0 Å². The lowest BCUT2D eigenvalue weighted by molar-refractivity contribution is -0.140. The van der Waals surface area contributed by atoms with E-state index in [4.69, 9.17) is 24.7 Å². The number of aliphatic hydroxyl groups excluding tert-OH is 1. The molecular formula is C31H46N2O8. The van der Waals surface area contributed by atoms with E-state index in [1.165, 1.54) is 14.0 Å². The van der Waals surface area contributed by atoms with Crippen LogP contribution >= 0.6 is 0 Å². The number of esters is 1. The number of carbonyl (C=O) groups is 3. The number of methoxy groups -OCH3 is 2. The van der Waals surface area contributed by atoms with Crippen LogP contribution in [-0.4, -0.2) is 61.7 Å². The molecule has 1 aliphatic heterocycles. The average molecular weight is 575 g/mol. The Morgan fingerprint density at radius 2 is 1.73 bits per heavy atom. The molecule has 0 unspecified atom stereocenters. The van der Waals surface area contributed by atoms with Gasteiger partial charge in [-0.05, 0) is 74.3 Å². The molecule has 2 amide bonds. The first-order chi connectivity index (χ1) is 19.3. The van der Waals surface area contributed by atoms with E-state index in [-0.39, 0.29) is 24.3 Å². The molecule has 2 bridgehead atoms. The van der Waals surface area contributed by atoms with Gasteiger partial charge in [-0.3, -0.25) is 4.79 Å². The van der Waals surface area contributed by atoms with Gasteiger partial charge in [0.2, 0.25) is 5.91 Å². The molecule has 4 N–H and O–H groups in total.